The number of pyridine rings is 1. The molecule has 3 heterocycles. The van der Waals surface area contributed by atoms with Crippen molar-refractivity contribution in [1.29, 1.82) is 5.26 Å². The summed E-state index contributed by atoms with van der Waals surface area (Å²) in [5.74, 6) is 0.578. The molecule has 3 N–H and O–H groups in total. The molecule has 27 heavy (non-hydrogen) atoms. The van der Waals surface area contributed by atoms with E-state index in [1.807, 2.05) is 38.1 Å². The van der Waals surface area contributed by atoms with Crippen molar-refractivity contribution in [2.45, 2.75) is 19.8 Å². The van der Waals surface area contributed by atoms with Gasteiger partial charge in [0.1, 0.15) is 22.5 Å². The molecule has 0 bridgehead atoms. The summed E-state index contributed by atoms with van der Waals surface area (Å²) in [4.78, 5) is 4.50. The molecule has 0 spiro atoms. The molecule has 2 aromatic heterocycles. The Labute approximate surface area is 160 Å². The first-order chi connectivity index (χ1) is 13.0. The van der Waals surface area contributed by atoms with Crippen molar-refractivity contribution in [3.8, 4) is 17.7 Å². The minimum absolute atomic E-state index is 0.0146. The van der Waals surface area contributed by atoms with Gasteiger partial charge in [-0.1, -0.05) is 11.6 Å². The Balaban J connectivity index is 1.96. The number of nitrogens with one attached hydrogen (secondary N) is 1. The Bertz CT molecular complexity index is 1130. The molecule has 8 heteroatoms. The van der Waals surface area contributed by atoms with Gasteiger partial charge in [0, 0.05) is 22.2 Å². The Morgan fingerprint density at radius 3 is 2.96 bits per heavy atom. The lowest BCUT2D eigenvalue weighted by Gasteiger charge is -2.24. The number of fused-ring (bicyclic) bond motifs is 2. The normalized spacial score (nSPS) is 16.0. The fourth-order valence-electron chi connectivity index (χ4n) is 3.32. The average Bonchev–Trinajstić information content (AvgIpc) is 3.01. The molecular formula is C19H16ClN5O2. The van der Waals surface area contributed by atoms with Crippen LogP contribution < -0.4 is 15.2 Å². The standard InChI is InChI=1S/C19H16ClN5O2/c1-3-26-11-4-5-14-10(6-11)7-12(17(20)23-14)16-13(8-21)18(22)27-19-15(16)9(2)24-25-19/h4-7,16H,3,22H2,1-2H3,(H,24,25)/t16-/m0/s1. The third-order valence-corrected chi connectivity index (χ3v) is 4.82. The monoisotopic (exact) mass is 381 g/mol. The van der Waals surface area contributed by atoms with Crippen molar-refractivity contribution in [2.75, 3.05) is 6.61 Å². The number of nitrogens with zero attached hydrogens (tertiary/aromatic N) is 3. The first kappa shape index (κ1) is 17.2. The highest BCUT2D eigenvalue weighted by Gasteiger charge is 2.35. The summed E-state index contributed by atoms with van der Waals surface area (Å²) >= 11 is 6.51. The van der Waals surface area contributed by atoms with Gasteiger partial charge in [-0.3, -0.25) is 5.10 Å². The van der Waals surface area contributed by atoms with Crippen LogP contribution in [0.3, 0.4) is 0 Å². The SMILES string of the molecule is CCOc1ccc2nc(Cl)c([C@H]3C(C#N)=C(N)Oc4n[nH]c(C)c43)cc2c1. The third kappa shape index (κ3) is 2.75. The maximum Gasteiger partial charge on any atom is 0.244 e. The summed E-state index contributed by atoms with van der Waals surface area (Å²) in [6, 6.07) is 9.65. The van der Waals surface area contributed by atoms with E-state index >= 15 is 0 Å². The molecule has 7 nitrogen and oxygen atoms in total. The van der Waals surface area contributed by atoms with Crippen molar-refractivity contribution in [2.24, 2.45) is 5.73 Å². The summed E-state index contributed by atoms with van der Waals surface area (Å²) < 4.78 is 11.1. The van der Waals surface area contributed by atoms with Crippen molar-refractivity contribution < 1.29 is 9.47 Å². The average molecular weight is 382 g/mol. The minimum atomic E-state index is -0.516. The van der Waals surface area contributed by atoms with Gasteiger partial charge in [-0.15, -0.1) is 5.10 Å². The number of hydrogen-bond acceptors (Lipinski definition) is 6. The number of halogens is 1. The second-order valence-corrected chi connectivity index (χ2v) is 6.51. The molecule has 1 aliphatic rings. The number of aryl methyl sites for hydroxylation is 1. The smallest absolute Gasteiger partial charge is 0.244 e. The zero-order valence-corrected chi connectivity index (χ0v) is 15.5. The number of benzene rings is 1. The van der Waals surface area contributed by atoms with E-state index in [1.165, 1.54) is 0 Å². The maximum atomic E-state index is 9.68. The molecule has 1 aromatic carbocycles. The van der Waals surface area contributed by atoms with Gasteiger partial charge in [0.15, 0.2) is 0 Å². The molecule has 4 rings (SSSR count). The zero-order chi connectivity index (χ0) is 19.1. The molecule has 0 saturated carbocycles. The molecule has 0 unspecified atom stereocenters. The highest BCUT2D eigenvalue weighted by atomic mass is 35.5. The predicted molar refractivity (Wildman–Crippen MR) is 101 cm³/mol. The Morgan fingerprint density at radius 2 is 2.22 bits per heavy atom. The summed E-state index contributed by atoms with van der Waals surface area (Å²) in [5.41, 5.74) is 9.13. The van der Waals surface area contributed by atoms with E-state index in [9.17, 15) is 5.26 Å². The van der Waals surface area contributed by atoms with Crippen LogP contribution in [0.5, 0.6) is 11.6 Å². The number of H-pyrrole nitrogens is 1. The van der Waals surface area contributed by atoms with Crippen LogP contribution in [0, 0.1) is 18.3 Å². The van der Waals surface area contributed by atoms with Crippen LogP contribution in [0.15, 0.2) is 35.7 Å². The molecule has 1 atom stereocenters. The van der Waals surface area contributed by atoms with Crippen LogP contribution >= 0.6 is 11.6 Å². The fourth-order valence-corrected chi connectivity index (χ4v) is 3.57. The number of hydrogen-bond donors (Lipinski definition) is 2. The predicted octanol–water partition coefficient (Wildman–Crippen LogP) is 3.54. The van der Waals surface area contributed by atoms with E-state index in [-0.39, 0.29) is 11.5 Å². The molecule has 0 saturated heterocycles. The second kappa shape index (κ2) is 6.49. The first-order valence-corrected chi connectivity index (χ1v) is 8.76. The van der Waals surface area contributed by atoms with Crippen molar-refractivity contribution >= 4 is 22.5 Å². The number of aromatic nitrogens is 3. The number of nitrogens with two attached hydrogens (primary N) is 1. The largest absolute Gasteiger partial charge is 0.494 e. The Morgan fingerprint density at radius 1 is 1.41 bits per heavy atom. The number of ether oxygens (including phenoxy) is 2. The van der Waals surface area contributed by atoms with Crippen LogP contribution in [-0.4, -0.2) is 21.8 Å². The van der Waals surface area contributed by atoms with E-state index < -0.39 is 5.92 Å². The van der Waals surface area contributed by atoms with Crippen molar-refractivity contribution in [3.05, 3.63) is 57.7 Å². The van der Waals surface area contributed by atoms with Gasteiger partial charge in [-0.05, 0) is 38.1 Å². The van der Waals surface area contributed by atoms with E-state index in [1.54, 1.807) is 0 Å². The van der Waals surface area contributed by atoms with E-state index in [4.69, 9.17) is 26.8 Å². The van der Waals surface area contributed by atoms with Gasteiger partial charge >= 0.3 is 0 Å². The molecule has 0 radical (unpaired) electrons. The number of rotatable bonds is 3. The summed E-state index contributed by atoms with van der Waals surface area (Å²) in [6.45, 7) is 4.34. The lowest BCUT2D eigenvalue weighted by molar-refractivity contribution is 0.340. The molecule has 0 fully saturated rings. The quantitative estimate of drug-likeness (QED) is 0.671. The molecule has 0 amide bonds. The third-order valence-electron chi connectivity index (χ3n) is 4.52. The molecular weight excluding hydrogens is 366 g/mol. The maximum absolute atomic E-state index is 9.68. The van der Waals surface area contributed by atoms with Crippen LogP contribution in [0.4, 0.5) is 0 Å². The van der Waals surface area contributed by atoms with Gasteiger partial charge in [0.25, 0.3) is 0 Å². The highest BCUT2D eigenvalue weighted by Crippen LogP contribution is 2.45. The molecule has 1 aliphatic heterocycles. The topological polar surface area (TPSA) is 110 Å². The summed E-state index contributed by atoms with van der Waals surface area (Å²) in [7, 11) is 0. The minimum Gasteiger partial charge on any atom is -0.494 e. The summed E-state index contributed by atoms with van der Waals surface area (Å²) in [6.07, 6.45) is 0. The lowest BCUT2D eigenvalue weighted by atomic mass is 9.84. The van der Waals surface area contributed by atoms with E-state index in [0.29, 0.717) is 23.2 Å². The zero-order valence-electron chi connectivity index (χ0n) is 14.7. The Kier molecular flexibility index (Phi) is 4.13. The number of allylic oxidation sites excluding steroid dienone is 1. The van der Waals surface area contributed by atoms with Crippen LogP contribution in [-0.2, 0) is 0 Å². The van der Waals surface area contributed by atoms with Crippen molar-refractivity contribution in [1.82, 2.24) is 15.2 Å². The van der Waals surface area contributed by atoms with Gasteiger partial charge < -0.3 is 15.2 Å². The second-order valence-electron chi connectivity index (χ2n) is 6.15. The van der Waals surface area contributed by atoms with E-state index in [0.717, 1.165) is 27.9 Å². The van der Waals surface area contributed by atoms with E-state index in [2.05, 4.69) is 21.3 Å². The summed E-state index contributed by atoms with van der Waals surface area (Å²) in [5, 5.41) is 17.8. The van der Waals surface area contributed by atoms with Crippen LogP contribution in [0.2, 0.25) is 5.15 Å². The van der Waals surface area contributed by atoms with Crippen LogP contribution in [0.25, 0.3) is 10.9 Å². The van der Waals surface area contributed by atoms with Crippen LogP contribution in [0.1, 0.15) is 29.7 Å². The van der Waals surface area contributed by atoms with Crippen molar-refractivity contribution in [3.63, 3.8) is 0 Å². The highest BCUT2D eigenvalue weighted by molar-refractivity contribution is 6.30. The molecule has 0 aliphatic carbocycles. The number of nitriles is 1. The molecule has 136 valence electrons. The van der Waals surface area contributed by atoms with Gasteiger partial charge in [0.2, 0.25) is 11.8 Å². The number of aromatic amines is 1. The lowest BCUT2D eigenvalue weighted by Crippen LogP contribution is -2.21. The first-order valence-electron chi connectivity index (χ1n) is 8.39. The van der Waals surface area contributed by atoms with Gasteiger partial charge in [0.05, 0.1) is 18.0 Å². The Hall–Kier alpha value is -3.24. The fraction of sp³-hybridized carbons (Fsp3) is 0.211. The molecule has 3 aromatic rings. The van der Waals surface area contributed by atoms with Gasteiger partial charge in [-0.2, -0.15) is 5.26 Å². The van der Waals surface area contributed by atoms with Gasteiger partial charge in [-0.25, -0.2) is 4.98 Å².